The van der Waals surface area contributed by atoms with Crippen LogP contribution >= 0.6 is 7.82 Å². The fourth-order valence-electron chi connectivity index (χ4n) is 6.77. The van der Waals surface area contributed by atoms with Crippen molar-refractivity contribution in [3.05, 3.63) is 24.3 Å². The summed E-state index contributed by atoms with van der Waals surface area (Å²) in [6.07, 6.45) is 48.0. The van der Waals surface area contributed by atoms with Crippen LogP contribution in [0.3, 0.4) is 0 Å². The molecule has 336 valence electrons. The lowest BCUT2D eigenvalue weighted by Crippen LogP contribution is -2.29. The van der Waals surface area contributed by atoms with Crippen LogP contribution in [-0.4, -0.2) is 49.3 Å². The highest BCUT2D eigenvalue weighted by molar-refractivity contribution is 7.47. The molecule has 0 fully saturated rings. The van der Waals surface area contributed by atoms with Crippen LogP contribution < -0.4 is 5.73 Å². The van der Waals surface area contributed by atoms with Crippen molar-refractivity contribution in [3.63, 3.8) is 0 Å². The summed E-state index contributed by atoms with van der Waals surface area (Å²) in [5, 5.41) is 0. The normalized spacial score (nSPS) is 13.4. The van der Waals surface area contributed by atoms with Gasteiger partial charge in [0.1, 0.15) is 6.61 Å². The number of phosphoric ester groups is 1. The van der Waals surface area contributed by atoms with Gasteiger partial charge < -0.3 is 20.1 Å². The Labute approximate surface area is 351 Å². The van der Waals surface area contributed by atoms with Gasteiger partial charge in [-0.05, 0) is 51.4 Å². The number of carbonyl (C=O) groups excluding carboxylic acids is 2. The summed E-state index contributed by atoms with van der Waals surface area (Å²) in [6, 6.07) is 0. The second-order valence-corrected chi connectivity index (χ2v) is 17.4. The van der Waals surface area contributed by atoms with E-state index in [0.717, 1.165) is 32.1 Å². The van der Waals surface area contributed by atoms with Crippen LogP contribution in [0.15, 0.2) is 24.3 Å². The number of unbranched alkanes of at least 4 members (excludes halogenated alkanes) is 28. The molecule has 1 unspecified atom stereocenters. The number of phosphoric acid groups is 1. The first kappa shape index (κ1) is 55.5. The molecular formula is C47H90NO8P. The fraction of sp³-hybridized carbons (Fsp3) is 0.872. The first-order chi connectivity index (χ1) is 27.8. The smallest absolute Gasteiger partial charge is 0.462 e. The van der Waals surface area contributed by atoms with Crippen molar-refractivity contribution in [1.29, 1.82) is 0 Å². The van der Waals surface area contributed by atoms with Crippen LogP contribution in [0.25, 0.3) is 0 Å². The average Bonchev–Trinajstić information content (AvgIpc) is 3.20. The molecule has 2 atom stereocenters. The molecule has 0 radical (unpaired) electrons. The third-order valence-electron chi connectivity index (χ3n) is 10.3. The zero-order valence-corrected chi connectivity index (χ0v) is 38.0. The van der Waals surface area contributed by atoms with Crippen molar-refractivity contribution in [1.82, 2.24) is 0 Å². The lowest BCUT2D eigenvalue weighted by atomic mass is 10.0. The van der Waals surface area contributed by atoms with E-state index in [4.69, 9.17) is 24.3 Å². The number of ether oxygens (including phenoxy) is 2. The molecule has 57 heavy (non-hydrogen) atoms. The molecule has 0 amide bonds. The number of allylic oxidation sites excluding steroid dienone is 4. The molecule has 0 heterocycles. The Bertz CT molecular complexity index is 990. The van der Waals surface area contributed by atoms with Gasteiger partial charge in [0, 0.05) is 19.4 Å². The predicted molar refractivity (Wildman–Crippen MR) is 238 cm³/mol. The Morgan fingerprint density at radius 2 is 0.895 bits per heavy atom. The van der Waals surface area contributed by atoms with Crippen LogP contribution in [0, 0.1) is 0 Å². The van der Waals surface area contributed by atoms with Crippen LogP contribution in [0.1, 0.15) is 232 Å². The van der Waals surface area contributed by atoms with Gasteiger partial charge in [-0.25, -0.2) is 4.57 Å². The Kier molecular flexibility index (Phi) is 42.9. The molecule has 0 aromatic carbocycles. The summed E-state index contributed by atoms with van der Waals surface area (Å²) in [6.45, 7) is 3.72. The van der Waals surface area contributed by atoms with Crippen molar-refractivity contribution < 1.29 is 37.6 Å². The summed E-state index contributed by atoms with van der Waals surface area (Å²) < 4.78 is 32.8. The summed E-state index contributed by atoms with van der Waals surface area (Å²) in [7, 11) is -4.38. The molecular weight excluding hydrogens is 737 g/mol. The largest absolute Gasteiger partial charge is 0.472 e. The summed E-state index contributed by atoms with van der Waals surface area (Å²) >= 11 is 0. The monoisotopic (exact) mass is 828 g/mol. The number of rotatable bonds is 45. The maximum atomic E-state index is 12.6. The zero-order valence-electron chi connectivity index (χ0n) is 37.1. The Morgan fingerprint density at radius 1 is 0.509 bits per heavy atom. The van der Waals surface area contributed by atoms with Gasteiger partial charge in [-0.3, -0.25) is 18.6 Å². The minimum absolute atomic E-state index is 0.0502. The minimum atomic E-state index is -4.38. The highest BCUT2D eigenvalue weighted by Crippen LogP contribution is 2.43. The van der Waals surface area contributed by atoms with Crippen LogP contribution in [-0.2, 0) is 32.7 Å². The van der Waals surface area contributed by atoms with Gasteiger partial charge in [0.15, 0.2) is 6.10 Å². The third kappa shape index (κ3) is 43.9. The van der Waals surface area contributed by atoms with Gasteiger partial charge >= 0.3 is 19.8 Å². The van der Waals surface area contributed by atoms with Gasteiger partial charge in [0.2, 0.25) is 0 Å². The summed E-state index contributed by atoms with van der Waals surface area (Å²) in [5.74, 6) is -0.877. The molecule has 0 spiro atoms. The Balaban J connectivity index is 4.08. The van der Waals surface area contributed by atoms with E-state index in [1.54, 1.807) is 0 Å². The van der Waals surface area contributed by atoms with Crippen molar-refractivity contribution in [3.8, 4) is 0 Å². The van der Waals surface area contributed by atoms with Gasteiger partial charge in [-0.1, -0.05) is 192 Å². The van der Waals surface area contributed by atoms with E-state index in [9.17, 15) is 19.0 Å². The Morgan fingerprint density at radius 3 is 1.32 bits per heavy atom. The molecule has 0 aliphatic rings. The molecule has 0 aliphatic carbocycles. The first-order valence-corrected chi connectivity index (χ1v) is 25.3. The van der Waals surface area contributed by atoms with Gasteiger partial charge in [-0.15, -0.1) is 0 Å². The Hall–Kier alpha value is -1.51. The molecule has 0 aromatic rings. The minimum Gasteiger partial charge on any atom is -0.462 e. The fourth-order valence-corrected chi connectivity index (χ4v) is 7.53. The van der Waals surface area contributed by atoms with E-state index in [-0.39, 0.29) is 38.6 Å². The highest BCUT2D eigenvalue weighted by Gasteiger charge is 2.25. The van der Waals surface area contributed by atoms with Gasteiger partial charge in [0.25, 0.3) is 0 Å². The van der Waals surface area contributed by atoms with E-state index in [0.29, 0.717) is 6.42 Å². The summed E-state index contributed by atoms with van der Waals surface area (Å²) in [5.41, 5.74) is 5.35. The second kappa shape index (κ2) is 44.1. The van der Waals surface area contributed by atoms with E-state index in [2.05, 4.69) is 32.1 Å². The molecule has 0 bridgehead atoms. The van der Waals surface area contributed by atoms with E-state index in [1.165, 1.54) is 167 Å². The molecule has 3 N–H and O–H groups in total. The SMILES string of the molecule is CCCCCCCC/C=C/CCCCCCCCCCCCCC(=O)OC[C@@H](COP(=O)(O)OCCN)OC(=O)CC/C=C/CCCCCCCCCCCCC. The van der Waals surface area contributed by atoms with Crippen molar-refractivity contribution in [2.75, 3.05) is 26.4 Å². The number of hydrogen-bond donors (Lipinski definition) is 2. The molecule has 0 saturated carbocycles. The maximum Gasteiger partial charge on any atom is 0.472 e. The van der Waals surface area contributed by atoms with E-state index in [1.807, 2.05) is 6.08 Å². The predicted octanol–water partition coefficient (Wildman–Crippen LogP) is 13.9. The third-order valence-corrected chi connectivity index (χ3v) is 11.3. The first-order valence-electron chi connectivity index (χ1n) is 23.8. The molecule has 0 rings (SSSR count). The van der Waals surface area contributed by atoms with E-state index >= 15 is 0 Å². The molecule has 0 aromatic heterocycles. The van der Waals surface area contributed by atoms with E-state index < -0.39 is 26.5 Å². The molecule has 0 saturated heterocycles. The maximum absolute atomic E-state index is 12.6. The highest BCUT2D eigenvalue weighted by atomic mass is 31.2. The van der Waals surface area contributed by atoms with Crippen LogP contribution in [0.5, 0.6) is 0 Å². The van der Waals surface area contributed by atoms with Crippen molar-refractivity contribution >= 4 is 19.8 Å². The molecule has 10 heteroatoms. The van der Waals surface area contributed by atoms with Crippen molar-refractivity contribution in [2.24, 2.45) is 5.73 Å². The topological polar surface area (TPSA) is 134 Å². The zero-order chi connectivity index (χ0) is 41.8. The number of nitrogens with two attached hydrogens (primary N) is 1. The lowest BCUT2D eigenvalue weighted by Gasteiger charge is -2.19. The standard InChI is InChI=1S/C47H90NO8P/c1-3-5-7-9-11-13-15-17-19-20-21-22-23-24-26-27-29-31-33-35-37-39-46(49)53-43-45(44-55-57(51,52)54-42-41-48)56-47(50)40-38-36-34-32-30-28-25-18-16-14-12-10-8-6-4-2/h17,19,34,36,45H,3-16,18,20-33,35,37-44,48H2,1-2H3,(H,51,52)/b19-17+,36-34+/t45-/m0/s1. The molecule has 0 aliphatic heterocycles. The van der Waals surface area contributed by atoms with Crippen LogP contribution in [0.2, 0.25) is 0 Å². The quantitative estimate of drug-likeness (QED) is 0.0266. The average molecular weight is 828 g/mol. The number of carbonyl (C=O) groups is 2. The number of esters is 2. The van der Waals surface area contributed by atoms with Crippen LogP contribution in [0.4, 0.5) is 0 Å². The number of hydrogen-bond acceptors (Lipinski definition) is 8. The second-order valence-electron chi connectivity index (χ2n) is 16.0. The van der Waals surface area contributed by atoms with Gasteiger partial charge in [-0.2, -0.15) is 0 Å². The van der Waals surface area contributed by atoms with Crippen molar-refractivity contribution in [2.45, 2.75) is 238 Å². The summed E-state index contributed by atoms with van der Waals surface area (Å²) in [4.78, 5) is 34.9. The molecule has 9 nitrogen and oxygen atoms in total. The van der Waals surface area contributed by atoms with Gasteiger partial charge in [0.05, 0.1) is 13.2 Å². The lowest BCUT2D eigenvalue weighted by molar-refractivity contribution is -0.161.